The Hall–Kier alpha value is -1.63. The normalized spacial score (nSPS) is 11.8. The van der Waals surface area contributed by atoms with E-state index < -0.39 is 17.9 Å². The summed E-state index contributed by atoms with van der Waals surface area (Å²) in [7, 11) is 1.46. The molecule has 0 aliphatic carbocycles. The second-order valence-electron chi connectivity index (χ2n) is 3.37. The van der Waals surface area contributed by atoms with Crippen LogP contribution >= 0.6 is 0 Å². The summed E-state index contributed by atoms with van der Waals surface area (Å²) >= 11 is 0. The minimum atomic E-state index is -1.02. The molecule has 0 rings (SSSR count). The first-order chi connectivity index (χ1) is 7.45. The zero-order valence-electron chi connectivity index (χ0n) is 9.02. The third kappa shape index (κ3) is 7.74. The quantitative estimate of drug-likeness (QED) is 0.421. The molecule has 0 aliphatic rings. The Morgan fingerprint density at radius 3 is 2.19 bits per heavy atom. The minimum Gasteiger partial charge on any atom is -0.481 e. The lowest BCUT2D eigenvalue weighted by Gasteiger charge is -2.13. The van der Waals surface area contributed by atoms with Crippen LogP contribution in [-0.2, 0) is 14.4 Å². The zero-order valence-corrected chi connectivity index (χ0v) is 9.02. The van der Waals surface area contributed by atoms with Crippen LogP contribution in [0.3, 0.4) is 0 Å². The van der Waals surface area contributed by atoms with E-state index in [1.807, 2.05) is 0 Å². The summed E-state index contributed by atoms with van der Waals surface area (Å²) in [5.41, 5.74) is 0. The van der Waals surface area contributed by atoms with Crippen molar-refractivity contribution in [3.63, 3.8) is 0 Å². The molecule has 0 bridgehead atoms. The second kappa shape index (κ2) is 7.63. The van der Waals surface area contributed by atoms with Crippen LogP contribution in [0, 0.1) is 5.92 Å². The van der Waals surface area contributed by atoms with E-state index in [-0.39, 0.29) is 31.8 Å². The van der Waals surface area contributed by atoms with Crippen molar-refractivity contribution in [1.82, 2.24) is 10.6 Å². The van der Waals surface area contributed by atoms with Crippen molar-refractivity contribution in [3.05, 3.63) is 0 Å². The van der Waals surface area contributed by atoms with Gasteiger partial charge in [-0.2, -0.15) is 0 Å². The highest BCUT2D eigenvalue weighted by Gasteiger charge is 2.16. The van der Waals surface area contributed by atoms with Crippen LogP contribution in [0.5, 0.6) is 0 Å². The standard InChI is InChI=1S/C9H16N2O5/c1-10-7(12)2-6(3-8(13)14)4-11-5-9(15)16/h6,11H,2-5H2,1H3,(H,10,12)(H,13,14)(H,15,16). The number of rotatable bonds is 8. The van der Waals surface area contributed by atoms with Crippen LogP contribution in [0.1, 0.15) is 12.8 Å². The van der Waals surface area contributed by atoms with Crippen molar-refractivity contribution >= 4 is 17.8 Å². The van der Waals surface area contributed by atoms with Gasteiger partial charge in [-0.3, -0.25) is 14.4 Å². The second-order valence-corrected chi connectivity index (χ2v) is 3.37. The molecule has 1 amide bonds. The van der Waals surface area contributed by atoms with E-state index in [9.17, 15) is 14.4 Å². The highest BCUT2D eigenvalue weighted by molar-refractivity contribution is 5.77. The molecule has 0 aromatic carbocycles. The molecule has 0 aromatic heterocycles. The fourth-order valence-corrected chi connectivity index (χ4v) is 1.21. The van der Waals surface area contributed by atoms with Crippen molar-refractivity contribution in [2.24, 2.45) is 5.92 Å². The number of nitrogens with one attached hydrogen (secondary N) is 2. The summed E-state index contributed by atoms with van der Waals surface area (Å²) in [6, 6.07) is 0. The molecule has 4 N–H and O–H groups in total. The number of hydrogen-bond donors (Lipinski definition) is 4. The third-order valence-electron chi connectivity index (χ3n) is 1.93. The Bertz CT molecular complexity index is 267. The molecule has 0 radical (unpaired) electrons. The number of aliphatic carboxylic acids is 2. The predicted octanol–water partition coefficient (Wildman–Crippen LogP) is -1.11. The van der Waals surface area contributed by atoms with Gasteiger partial charge in [0.05, 0.1) is 6.54 Å². The highest BCUT2D eigenvalue weighted by atomic mass is 16.4. The fraction of sp³-hybridized carbons (Fsp3) is 0.667. The van der Waals surface area contributed by atoms with E-state index >= 15 is 0 Å². The monoisotopic (exact) mass is 232 g/mol. The van der Waals surface area contributed by atoms with Crippen LogP contribution in [-0.4, -0.2) is 48.2 Å². The van der Waals surface area contributed by atoms with Gasteiger partial charge in [0.1, 0.15) is 0 Å². The topological polar surface area (TPSA) is 116 Å². The summed E-state index contributed by atoms with van der Waals surface area (Å²) < 4.78 is 0. The average molecular weight is 232 g/mol. The molecule has 16 heavy (non-hydrogen) atoms. The summed E-state index contributed by atoms with van der Waals surface area (Å²) in [5.74, 6) is -2.69. The maximum absolute atomic E-state index is 11.1. The Balaban J connectivity index is 4.04. The number of carboxylic acids is 2. The molecule has 7 nitrogen and oxygen atoms in total. The van der Waals surface area contributed by atoms with Gasteiger partial charge in [0.2, 0.25) is 5.91 Å². The van der Waals surface area contributed by atoms with Crippen LogP contribution in [0.2, 0.25) is 0 Å². The minimum absolute atomic E-state index is 0.0649. The largest absolute Gasteiger partial charge is 0.481 e. The molecule has 0 saturated carbocycles. The molecule has 7 heteroatoms. The average Bonchev–Trinajstić information content (AvgIpc) is 2.15. The van der Waals surface area contributed by atoms with E-state index in [2.05, 4.69) is 10.6 Å². The van der Waals surface area contributed by atoms with Crippen LogP contribution in [0.25, 0.3) is 0 Å². The molecule has 0 aliphatic heterocycles. The highest BCUT2D eigenvalue weighted by Crippen LogP contribution is 2.07. The molecule has 92 valence electrons. The van der Waals surface area contributed by atoms with Gasteiger partial charge in [-0.05, 0) is 12.5 Å². The van der Waals surface area contributed by atoms with Gasteiger partial charge in [0.15, 0.2) is 0 Å². The molecule has 0 aromatic rings. The van der Waals surface area contributed by atoms with Gasteiger partial charge in [0.25, 0.3) is 0 Å². The van der Waals surface area contributed by atoms with Crippen LogP contribution < -0.4 is 10.6 Å². The number of hydrogen-bond acceptors (Lipinski definition) is 4. The van der Waals surface area contributed by atoms with Crippen molar-refractivity contribution in [2.75, 3.05) is 20.1 Å². The molecule has 1 unspecified atom stereocenters. The Labute approximate surface area is 92.8 Å². The van der Waals surface area contributed by atoms with Crippen molar-refractivity contribution in [2.45, 2.75) is 12.8 Å². The number of carbonyl (C=O) groups excluding carboxylic acids is 1. The van der Waals surface area contributed by atoms with Crippen molar-refractivity contribution in [1.29, 1.82) is 0 Å². The lowest BCUT2D eigenvalue weighted by Crippen LogP contribution is -2.32. The lowest BCUT2D eigenvalue weighted by atomic mass is 10.0. The van der Waals surface area contributed by atoms with E-state index in [0.717, 1.165) is 0 Å². The Morgan fingerprint density at radius 1 is 1.12 bits per heavy atom. The van der Waals surface area contributed by atoms with Crippen molar-refractivity contribution in [3.8, 4) is 0 Å². The number of carboxylic acid groups (broad SMARTS) is 2. The molecular weight excluding hydrogens is 216 g/mol. The summed E-state index contributed by atoms with van der Waals surface area (Å²) in [6.07, 6.45) is -0.102. The van der Waals surface area contributed by atoms with Gasteiger partial charge in [-0.25, -0.2) is 0 Å². The lowest BCUT2D eigenvalue weighted by molar-refractivity contribution is -0.138. The first-order valence-electron chi connectivity index (χ1n) is 4.80. The molecule has 0 saturated heterocycles. The van der Waals surface area contributed by atoms with E-state index in [1.54, 1.807) is 0 Å². The predicted molar refractivity (Wildman–Crippen MR) is 54.9 cm³/mol. The third-order valence-corrected chi connectivity index (χ3v) is 1.93. The van der Waals surface area contributed by atoms with E-state index in [1.165, 1.54) is 7.05 Å². The Morgan fingerprint density at radius 2 is 1.75 bits per heavy atom. The first-order valence-corrected chi connectivity index (χ1v) is 4.80. The summed E-state index contributed by atoms with van der Waals surface area (Å²) in [6.45, 7) is -0.0596. The number of amides is 1. The molecule has 1 atom stereocenters. The van der Waals surface area contributed by atoms with Crippen LogP contribution in [0.15, 0.2) is 0 Å². The summed E-state index contributed by atoms with van der Waals surface area (Å²) in [5, 5.41) is 21.9. The van der Waals surface area contributed by atoms with Gasteiger partial charge in [-0.1, -0.05) is 0 Å². The van der Waals surface area contributed by atoms with Gasteiger partial charge in [0, 0.05) is 19.9 Å². The summed E-state index contributed by atoms with van der Waals surface area (Å²) in [4.78, 5) is 31.8. The van der Waals surface area contributed by atoms with Gasteiger partial charge >= 0.3 is 11.9 Å². The van der Waals surface area contributed by atoms with E-state index in [0.29, 0.717) is 0 Å². The fourth-order valence-electron chi connectivity index (χ4n) is 1.21. The zero-order chi connectivity index (χ0) is 12.6. The maximum Gasteiger partial charge on any atom is 0.317 e. The first kappa shape index (κ1) is 14.4. The SMILES string of the molecule is CNC(=O)CC(CNCC(=O)O)CC(=O)O. The van der Waals surface area contributed by atoms with E-state index in [4.69, 9.17) is 10.2 Å². The Kier molecular flexibility index (Phi) is 6.86. The molecule has 0 fully saturated rings. The molecule has 0 heterocycles. The smallest absolute Gasteiger partial charge is 0.317 e. The number of carbonyl (C=O) groups is 3. The van der Waals surface area contributed by atoms with Gasteiger partial charge in [-0.15, -0.1) is 0 Å². The maximum atomic E-state index is 11.1. The van der Waals surface area contributed by atoms with Crippen LogP contribution in [0.4, 0.5) is 0 Å². The molecular formula is C9H16N2O5. The molecule has 0 spiro atoms. The van der Waals surface area contributed by atoms with Crippen molar-refractivity contribution < 1.29 is 24.6 Å². The van der Waals surface area contributed by atoms with Gasteiger partial charge < -0.3 is 20.8 Å².